The Morgan fingerprint density at radius 3 is 2.56 bits per heavy atom. The third kappa shape index (κ3) is 4.63. The number of nitrogens with one attached hydrogen (secondary N) is 2. The molecule has 10 heteroatoms. The number of nitrogens with zero attached hydrogens (tertiary/aromatic N) is 2. The van der Waals surface area contributed by atoms with Crippen molar-refractivity contribution >= 4 is 40.6 Å². The van der Waals surface area contributed by atoms with Gasteiger partial charge in [0.1, 0.15) is 10.9 Å². The lowest BCUT2D eigenvalue weighted by Crippen LogP contribution is -2.33. The second-order valence-corrected chi connectivity index (χ2v) is 7.85. The van der Waals surface area contributed by atoms with Gasteiger partial charge in [-0.2, -0.15) is 0 Å². The van der Waals surface area contributed by atoms with E-state index < -0.39 is 18.0 Å². The third-order valence-corrected chi connectivity index (χ3v) is 5.71. The van der Waals surface area contributed by atoms with Crippen LogP contribution in [0.5, 0.6) is 0 Å². The van der Waals surface area contributed by atoms with Gasteiger partial charge in [0.25, 0.3) is 0 Å². The van der Waals surface area contributed by atoms with Crippen molar-refractivity contribution in [3.8, 4) is 11.5 Å². The molecule has 8 nitrogen and oxygen atoms in total. The minimum absolute atomic E-state index is 0.180. The van der Waals surface area contributed by atoms with Crippen LogP contribution >= 0.6 is 22.9 Å². The molecular weight excluding hydrogens is 452 g/mol. The molecule has 2 N–H and O–H groups in total. The monoisotopic (exact) mass is 468 g/mol. The summed E-state index contributed by atoms with van der Waals surface area (Å²) in [4.78, 5) is 24.9. The number of ether oxygens (including phenoxy) is 1. The second kappa shape index (κ2) is 9.63. The van der Waals surface area contributed by atoms with E-state index in [-0.39, 0.29) is 16.7 Å². The Morgan fingerprint density at radius 2 is 1.81 bits per heavy atom. The summed E-state index contributed by atoms with van der Waals surface area (Å²) in [6.07, 6.45) is 0. The number of carbonyl (C=O) groups is 2. The van der Waals surface area contributed by atoms with E-state index in [4.69, 9.17) is 20.8 Å². The average molecular weight is 469 g/mol. The number of aromatic nitrogens is 2. The van der Waals surface area contributed by atoms with Gasteiger partial charge < -0.3 is 19.8 Å². The van der Waals surface area contributed by atoms with E-state index >= 15 is 0 Å². The van der Waals surface area contributed by atoms with Crippen molar-refractivity contribution in [3.63, 3.8) is 0 Å². The van der Waals surface area contributed by atoms with Crippen molar-refractivity contribution in [3.05, 3.63) is 87.4 Å². The first-order valence-corrected chi connectivity index (χ1v) is 10.7. The normalized spacial score (nSPS) is 11.6. The number of urea groups is 1. The number of hydrogen-bond donors (Lipinski definition) is 2. The van der Waals surface area contributed by atoms with Crippen molar-refractivity contribution in [2.24, 2.45) is 0 Å². The predicted octanol–water partition coefficient (Wildman–Crippen LogP) is 5.15. The van der Waals surface area contributed by atoms with Gasteiger partial charge in [0.05, 0.1) is 23.4 Å². The van der Waals surface area contributed by atoms with Gasteiger partial charge in [-0.05, 0) is 29.1 Å². The molecule has 4 rings (SSSR count). The highest BCUT2D eigenvalue weighted by Gasteiger charge is 2.25. The lowest BCUT2D eigenvalue weighted by atomic mass is 10.1. The largest absolute Gasteiger partial charge is 0.465 e. The van der Waals surface area contributed by atoms with Crippen LogP contribution in [0.4, 0.5) is 10.5 Å². The van der Waals surface area contributed by atoms with E-state index in [1.54, 1.807) is 29.6 Å². The maximum atomic E-state index is 12.8. The molecule has 32 heavy (non-hydrogen) atoms. The molecule has 0 bridgehead atoms. The zero-order chi connectivity index (χ0) is 22.5. The summed E-state index contributed by atoms with van der Waals surface area (Å²) in [5.74, 6) is -0.115. The number of benzene rings is 2. The Kier molecular flexibility index (Phi) is 6.48. The fourth-order valence-electron chi connectivity index (χ4n) is 2.98. The number of hydrogen-bond acceptors (Lipinski definition) is 7. The maximum Gasteiger partial charge on any atom is 0.350 e. The zero-order valence-corrected chi connectivity index (χ0v) is 18.3. The van der Waals surface area contributed by atoms with Crippen molar-refractivity contribution in [1.29, 1.82) is 0 Å². The molecule has 0 radical (unpaired) electrons. The molecular formula is C22H17ClN4O4S. The number of esters is 1. The molecule has 0 unspecified atom stereocenters. The first-order chi connectivity index (χ1) is 15.6. The van der Waals surface area contributed by atoms with E-state index in [2.05, 4.69) is 20.8 Å². The summed E-state index contributed by atoms with van der Waals surface area (Å²) in [6.45, 7) is 0. The minimum atomic E-state index is -0.736. The maximum absolute atomic E-state index is 12.8. The van der Waals surface area contributed by atoms with Gasteiger partial charge in [-0.25, -0.2) is 9.59 Å². The first-order valence-electron chi connectivity index (χ1n) is 9.43. The summed E-state index contributed by atoms with van der Waals surface area (Å²) >= 11 is 7.40. The quantitative estimate of drug-likeness (QED) is 0.379. The number of thiophene rings is 1. The molecule has 1 atom stereocenters. The lowest BCUT2D eigenvalue weighted by molar-refractivity contribution is 0.0607. The molecule has 2 aromatic heterocycles. The molecule has 162 valence electrons. The highest BCUT2D eigenvalue weighted by Crippen LogP contribution is 2.29. The average Bonchev–Trinajstić information content (AvgIpc) is 3.48. The fraction of sp³-hybridized carbons (Fsp3) is 0.0909. The number of methoxy groups -OCH3 is 1. The third-order valence-electron chi connectivity index (χ3n) is 4.48. The smallest absolute Gasteiger partial charge is 0.350 e. The SMILES string of the molecule is COC(=O)c1sccc1NC(=O)N[C@H](c1ccccc1)c1nnc(-c2ccccc2Cl)o1. The van der Waals surface area contributed by atoms with Crippen molar-refractivity contribution in [2.45, 2.75) is 6.04 Å². The predicted molar refractivity (Wildman–Crippen MR) is 121 cm³/mol. The van der Waals surface area contributed by atoms with Gasteiger partial charge in [0, 0.05) is 0 Å². The number of rotatable bonds is 6. The summed E-state index contributed by atoms with van der Waals surface area (Å²) in [5, 5.41) is 15.9. The Morgan fingerprint density at radius 1 is 1.06 bits per heavy atom. The molecule has 4 aromatic rings. The van der Waals surface area contributed by atoms with Crippen LogP contribution in [-0.2, 0) is 4.74 Å². The summed E-state index contributed by atoms with van der Waals surface area (Å²) in [7, 11) is 1.28. The van der Waals surface area contributed by atoms with Crippen LogP contribution in [0.3, 0.4) is 0 Å². The van der Waals surface area contributed by atoms with Crippen LogP contribution in [0.15, 0.2) is 70.5 Å². The zero-order valence-electron chi connectivity index (χ0n) is 16.7. The van der Waals surface area contributed by atoms with Crippen LogP contribution < -0.4 is 10.6 Å². The summed E-state index contributed by atoms with van der Waals surface area (Å²) in [6, 6.07) is 16.6. The standard InChI is InChI=1S/C22H17ClN4O4S/c1-30-21(28)18-16(11-12-32-18)24-22(29)25-17(13-7-3-2-4-8-13)20-27-26-19(31-20)14-9-5-6-10-15(14)23/h2-12,17H,1H3,(H2,24,25,29)/t17-/m1/s1. The van der Waals surface area contributed by atoms with Crippen molar-refractivity contribution in [1.82, 2.24) is 15.5 Å². The molecule has 0 aliphatic heterocycles. The second-order valence-electron chi connectivity index (χ2n) is 6.52. The van der Waals surface area contributed by atoms with Gasteiger partial charge in [-0.1, -0.05) is 54.1 Å². The Labute approximate surface area is 192 Å². The van der Waals surface area contributed by atoms with Gasteiger partial charge in [0.2, 0.25) is 11.8 Å². The molecule has 2 heterocycles. The fourth-order valence-corrected chi connectivity index (χ4v) is 3.96. The van der Waals surface area contributed by atoms with Gasteiger partial charge in [0.15, 0.2) is 0 Å². The summed E-state index contributed by atoms with van der Waals surface area (Å²) < 4.78 is 10.6. The molecule has 0 saturated heterocycles. The highest BCUT2D eigenvalue weighted by atomic mass is 35.5. The van der Waals surface area contributed by atoms with Gasteiger partial charge in [-0.15, -0.1) is 21.5 Å². The lowest BCUT2D eigenvalue weighted by Gasteiger charge is -2.16. The van der Waals surface area contributed by atoms with Crippen molar-refractivity contribution < 1.29 is 18.7 Å². The van der Waals surface area contributed by atoms with Gasteiger partial charge in [-0.3, -0.25) is 0 Å². The molecule has 2 amide bonds. The van der Waals surface area contributed by atoms with E-state index in [1.807, 2.05) is 36.4 Å². The van der Waals surface area contributed by atoms with E-state index in [0.29, 0.717) is 16.3 Å². The van der Waals surface area contributed by atoms with Crippen LogP contribution in [-0.4, -0.2) is 29.3 Å². The number of carbonyl (C=O) groups excluding carboxylic acids is 2. The molecule has 0 aliphatic carbocycles. The molecule has 0 fully saturated rings. The van der Waals surface area contributed by atoms with Crippen LogP contribution in [0.1, 0.15) is 27.2 Å². The Bertz CT molecular complexity index is 1240. The van der Waals surface area contributed by atoms with E-state index in [9.17, 15) is 9.59 Å². The van der Waals surface area contributed by atoms with Crippen LogP contribution in [0, 0.1) is 0 Å². The number of anilines is 1. The first kappa shape index (κ1) is 21.5. The number of halogens is 1. The van der Waals surface area contributed by atoms with Crippen LogP contribution in [0.25, 0.3) is 11.5 Å². The molecule has 2 aromatic carbocycles. The van der Waals surface area contributed by atoms with E-state index in [0.717, 1.165) is 5.56 Å². The highest BCUT2D eigenvalue weighted by molar-refractivity contribution is 7.12. The molecule has 0 spiro atoms. The van der Waals surface area contributed by atoms with E-state index in [1.165, 1.54) is 18.4 Å². The van der Waals surface area contributed by atoms with Gasteiger partial charge >= 0.3 is 12.0 Å². The molecule has 0 saturated carbocycles. The number of amides is 2. The minimum Gasteiger partial charge on any atom is -0.465 e. The Balaban J connectivity index is 1.60. The summed E-state index contributed by atoms with van der Waals surface area (Å²) in [5.41, 5.74) is 1.66. The molecule has 0 aliphatic rings. The topological polar surface area (TPSA) is 106 Å². The Hall–Kier alpha value is -3.69. The van der Waals surface area contributed by atoms with Crippen LogP contribution in [0.2, 0.25) is 5.02 Å². The van der Waals surface area contributed by atoms with Crippen molar-refractivity contribution in [2.75, 3.05) is 12.4 Å².